The molecule has 2 aromatic carbocycles. The summed E-state index contributed by atoms with van der Waals surface area (Å²) in [5, 5.41) is 12.8. The number of carboxylic acid groups (broad SMARTS) is 1. The summed E-state index contributed by atoms with van der Waals surface area (Å²) in [7, 11) is 0. The van der Waals surface area contributed by atoms with E-state index in [4.69, 9.17) is 4.74 Å². The van der Waals surface area contributed by atoms with Crippen molar-refractivity contribution in [2.45, 2.75) is 37.7 Å². The van der Waals surface area contributed by atoms with Crippen LogP contribution in [0.2, 0.25) is 0 Å². The molecule has 1 saturated heterocycles. The van der Waals surface area contributed by atoms with E-state index in [-0.39, 0.29) is 35.3 Å². The van der Waals surface area contributed by atoms with Gasteiger partial charge in [0.25, 0.3) is 0 Å². The van der Waals surface area contributed by atoms with Crippen LogP contribution < -0.4 is 4.74 Å². The van der Waals surface area contributed by atoms with Crippen LogP contribution in [0.15, 0.2) is 66.9 Å². The molecule has 2 aromatic heterocycles. The van der Waals surface area contributed by atoms with Crippen LogP contribution in [0, 0.1) is 5.82 Å². The normalized spacial score (nSPS) is 15.0. The molecule has 1 aliphatic heterocycles. The van der Waals surface area contributed by atoms with Gasteiger partial charge in [0, 0.05) is 5.56 Å². The van der Waals surface area contributed by atoms with E-state index in [1.807, 2.05) is 12.1 Å². The zero-order valence-electron chi connectivity index (χ0n) is 22.9. The van der Waals surface area contributed by atoms with Gasteiger partial charge in [0.1, 0.15) is 12.2 Å². The van der Waals surface area contributed by atoms with E-state index in [1.54, 1.807) is 12.1 Å². The summed E-state index contributed by atoms with van der Waals surface area (Å²) >= 11 is 0. The summed E-state index contributed by atoms with van der Waals surface area (Å²) in [5.41, 5.74) is -0.682. The summed E-state index contributed by atoms with van der Waals surface area (Å²) in [6.07, 6.45) is -7.50. The number of alkyl halides is 6. The number of aromatic carboxylic acids is 1. The highest BCUT2D eigenvalue weighted by Gasteiger charge is 2.41. The average Bonchev–Trinajstić information content (AvgIpc) is 3.43. The Kier molecular flexibility index (Phi) is 8.64. The van der Waals surface area contributed by atoms with Gasteiger partial charge in [-0.3, -0.25) is 4.90 Å². The van der Waals surface area contributed by atoms with Crippen molar-refractivity contribution in [3.63, 3.8) is 0 Å². The fourth-order valence-corrected chi connectivity index (χ4v) is 5.22. The van der Waals surface area contributed by atoms with Crippen LogP contribution >= 0.6 is 0 Å². The second kappa shape index (κ2) is 12.3. The Labute approximate surface area is 246 Å². The smallest absolute Gasteiger partial charge is 0.434 e. The molecule has 0 aliphatic carbocycles. The van der Waals surface area contributed by atoms with Gasteiger partial charge in [-0.25, -0.2) is 18.9 Å². The number of hydrogen-bond acceptors (Lipinski definition) is 5. The molecule has 1 aliphatic rings. The standard InChI is InChI=1S/C30H25F7N4O3/c31-23-4-1-3-21(24-5-2-6-25(39-24)41-27(30(35,36)37)22(15-38-41)28(42)43)26(23)44-16-18-7-9-19(10-8-18)20-11-13-40(14-12-20)17-29(32,33)34/h1-10,15,20H,11-14,16-17H2,(H,42,43). The number of ether oxygens (including phenoxy) is 1. The molecule has 5 rings (SSSR count). The zero-order valence-corrected chi connectivity index (χ0v) is 22.9. The van der Waals surface area contributed by atoms with Gasteiger partial charge in [0.05, 0.1) is 18.4 Å². The number of halogens is 7. The Morgan fingerprint density at radius 2 is 1.64 bits per heavy atom. The lowest BCUT2D eigenvalue weighted by Crippen LogP contribution is -2.39. The number of nitrogens with zero attached hydrogens (tertiary/aromatic N) is 4. The summed E-state index contributed by atoms with van der Waals surface area (Å²) in [6, 6.07) is 15.3. The highest BCUT2D eigenvalue weighted by Crippen LogP contribution is 2.36. The molecule has 44 heavy (non-hydrogen) atoms. The lowest BCUT2D eigenvalue weighted by Gasteiger charge is -2.32. The number of aromatic nitrogens is 3. The third kappa shape index (κ3) is 7.01. The Hall–Kier alpha value is -4.46. The predicted octanol–water partition coefficient (Wildman–Crippen LogP) is 7.11. The van der Waals surface area contributed by atoms with E-state index in [1.165, 1.54) is 35.2 Å². The third-order valence-corrected chi connectivity index (χ3v) is 7.29. The number of carboxylic acids is 1. The van der Waals surface area contributed by atoms with Crippen LogP contribution in [0.3, 0.4) is 0 Å². The minimum atomic E-state index is -5.05. The molecule has 1 N–H and O–H groups in total. The van der Waals surface area contributed by atoms with Crippen LogP contribution in [0.5, 0.6) is 5.75 Å². The van der Waals surface area contributed by atoms with E-state index < -0.39 is 41.9 Å². The lowest BCUT2D eigenvalue weighted by molar-refractivity contribution is -0.148. The first kappa shape index (κ1) is 31.0. The second-order valence-electron chi connectivity index (χ2n) is 10.3. The van der Waals surface area contributed by atoms with E-state index in [0.29, 0.717) is 42.4 Å². The molecule has 4 aromatic rings. The number of likely N-dealkylation sites (tertiary alicyclic amines) is 1. The van der Waals surface area contributed by atoms with Gasteiger partial charge in [0.15, 0.2) is 23.1 Å². The third-order valence-electron chi connectivity index (χ3n) is 7.29. The van der Waals surface area contributed by atoms with Crippen LogP contribution in [0.1, 0.15) is 45.9 Å². The van der Waals surface area contributed by atoms with Gasteiger partial charge < -0.3 is 9.84 Å². The highest BCUT2D eigenvalue weighted by molar-refractivity contribution is 5.89. The van der Waals surface area contributed by atoms with Gasteiger partial charge in [-0.2, -0.15) is 31.4 Å². The number of piperidine rings is 1. The SMILES string of the molecule is O=C(O)c1cnn(-c2cccc(-c3cccc(F)c3OCc3ccc(C4CCN(CC(F)(F)F)CC4)cc3)n2)c1C(F)(F)F. The first-order valence-electron chi connectivity index (χ1n) is 13.5. The van der Waals surface area contributed by atoms with Crippen molar-refractivity contribution < 1.29 is 45.4 Å². The molecule has 0 radical (unpaired) electrons. The van der Waals surface area contributed by atoms with Gasteiger partial charge >= 0.3 is 18.3 Å². The molecular weight excluding hydrogens is 597 g/mol. The number of carbonyl (C=O) groups is 1. The summed E-state index contributed by atoms with van der Waals surface area (Å²) in [6.45, 7) is -0.285. The molecule has 0 saturated carbocycles. The molecule has 0 amide bonds. The maximum absolute atomic E-state index is 15.0. The minimum absolute atomic E-state index is 0.0583. The predicted molar refractivity (Wildman–Crippen MR) is 144 cm³/mol. The molecule has 7 nitrogen and oxygen atoms in total. The number of para-hydroxylation sites is 1. The topological polar surface area (TPSA) is 80.5 Å². The Bertz CT molecular complexity index is 1630. The summed E-state index contributed by atoms with van der Waals surface area (Å²) < 4.78 is 100. The molecule has 14 heteroatoms. The summed E-state index contributed by atoms with van der Waals surface area (Å²) in [4.78, 5) is 17.0. The van der Waals surface area contributed by atoms with Crippen molar-refractivity contribution in [2.75, 3.05) is 19.6 Å². The first-order chi connectivity index (χ1) is 20.8. The molecule has 0 atom stereocenters. The van der Waals surface area contributed by atoms with Gasteiger partial charge in [-0.1, -0.05) is 36.4 Å². The monoisotopic (exact) mass is 622 g/mol. The fraction of sp³-hybridized carbons (Fsp3) is 0.300. The van der Waals surface area contributed by atoms with Crippen molar-refractivity contribution in [2.24, 2.45) is 0 Å². The summed E-state index contributed by atoms with van der Waals surface area (Å²) in [5.74, 6) is -2.95. The minimum Gasteiger partial charge on any atom is -0.485 e. The van der Waals surface area contributed by atoms with Crippen LogP contribution in [-0.4, -0.2) is 56.6 Å². The van der Waals surface area contributed by atoms with Crippen LogP contribution in [0.4, 0.5) is 30.7 Å². The highest BCUT2D eigenvalue weighted by atomic mass is 19.4. The van der Waals surface area contributed by atoms with E-state index in [0.717, 1.165) is 11.6 Å². The van der Waals surface area contributed by atoms with Gasteiger partial charge in [-0.15, -0.1) is 0 Å². The number of hydrogen-bond donors (Lipinski definition) is 1. The molecule has 3 heterocycles. The van der Waals surface area contributed by atoms with Crippen molar-refractivity contribution >= 4 is 5.97 Å². The Morgan fingerprint density at radius 3 is 2.27 bits per heavy atom. The van der Waals surface area contributed by atoms with Gasteiger partial charge in [0.2, 0.25) is 0 Å². The van der Waals surface area contributed by atoms with E-state index in [9.17, 15) is 40.6 Å². The molecule has 0 unspecified atom stereocenters. The fourth-order valence-electron chi connectivity index (χ4n) is 5.22. The lowest BCUT2D eigenvalue weighted by atomic mass is 9.89. The van der Waals surface area contributed by atoms with E-state index >= 15 is 0 Å². The van der Waals surface area contributed by atoms with Crippen LogP contribution in [-0.2, 0) is 12.8 Å². The Morgan fingerprint density at radius 1 is 0.955 bits per heavy atom. The number of benzene rings is 2. The molecule has 232 valence electrons. The average molecular weight is 623 g/mol. The van der Waals surface area contributed by atoms with Crippen molar-refractivity contribution in [1.29, 1.82) is 0 Å². The molecule has 0 bridgehead atoms. The van der Waals surface area contributed by atoms with Gasteiger partial charge in [-0.05, 0) is 67.2 Å². The van der Waals surface area contributed by atoms with Crippen molar-refractivity contribution in [3.05, 3.63) is 95.1 Å². The quantitative estimate of drug-likeness (QED) is 0.211. The molecule has 0 spiro atoms. The number of pyridine rings is 1. The zero-order chi connectivity index (χ0) is 31.6. The molecule has 1 fully saturated rings. The Balaban J connectivity index is 1.32. The maximum atomic E-state index is 15.0. The number of rotatable bonds is 8. The second-order valence-corrected chi connectivity index (χ2v) is 10.3. The maximum Gasteiger partial charge on any atom is 0.434 e. The first-order valence-corrected chi connectivity index (χ1v) is 13.5. The molecular formula is C30H25F7N4O3. The van der Waals surface area contributed by atoms with E-state index in [2.05, 4.69) is 10.1 Å². The van der Waals surface area contributed by atoms with Crippen molar-refractivity contribution in [3.8, 4) is 22.8 Å². The largest absolute Gasteiger partial charge is 0.485 e. The van der Waals surface area contributed by atoms with Crippen molar-refractivity contribution in [1.82, 2.24) is 19.7 Å². The van der Waals surface area contributed by atoms with Crippen LogP contribution in [0.25, 0.3) is 17.1 Å².